The minimum Gasteiger partial charge on any atom is -0.310 e. The molecule has 0 radical (unpaired) electrons. The number of anilines is 2. The minimum atomic E-state index is 0.947. The Bertz CT molecular complexity index is 1410. The molecule has 0 heterocycles. The Morgan fingerprint density at radius 2 is 1.26 bits per heavy atom. The van der Waals surface area contributed by atoms with Crippen LogP contribution in [0.5, 0.6) is 0 Å². The molecule has 0 atom stereocenters. The lowest BCUT2D eigenvalue weighted by Gasteiger charge is -2.30. The van der Waals surface area contributed by atoms with E-state index in [0.29, 0.717) is 0 Å². The summed E-state index contributed by atoms with van der Waals surface area (Å²) in [6, 6.07) is 36.3. The fraction of sp³-hybridized carbons (Fsp3) is 0.0345. The van der Waals surface area contributed by atoms with Gasteiger partial charge in [-0.3, -0.25) is 0 Å². The van der Waals surface area contributed by atoms with Crippen LogP contribution < -0.4 is 4.90 Å². The third-order valence-corrected chi connectivity index (χ3v) is 6.39. The van der Waals surface area contributed by atoms with E-state index in [4.69, 9.17) is 0 Å². The zero-order valence-corrected chi connectivity index (χ0v) is 18.9. The molecule has 5 aromatic rings. The summed E-state index contributed by atoms with van der Waals surface area (Å²) in [6.07, 6.45) is 0. The van der Waals surface area contributed by atoms with Gasteiger partial charge in [-0.1, -0.05) is 101 Å². The standard InChI is InChI=1S/C29H22BrN/c1-20-26-11-5-3-9-24(26)16-19-28(20)31(21(2)22-14-17-25(30)18-15-22)29-13-7-10-23-8-4-6-12-27(23)29/h3-19H,2H2,1H3. The van der Waals surface area contributed by atoms with Gasteiger partial charge in [0.1, 0.15) is 0 Å². The Morgan fingerprint density at radius 3 is 2.00 bits per heavy atom. The summed E-state index contributed by atoms with van der Waals surface area (Å²) < 4.78 is 1.06. The van der Waals surface area contributed by atoms with Crippen molar-refractivity contribution >= 4 is 54.5 Å². The van der Waals surface area contributed by atoms with Gasteiger partial charge in [-0.05, 0) is 58.5 Å². The number of hydrogen-bond acceptors (Lipinski definition) is 1. The Kier molecular flexibility index (Phi) is 5.09. The summed E-state index contributed by atoms with van der Waals surface area (Å²) in [4.78, 5) is 2.30. The van der Waals surface area contributed by atoms with Gasteiger partial charge >= 0.3 is 0 Å². The predicted molar refractivity (Wildman–Crippen MR) is 138 cm³/mol. The molecule has 150 valence electrons. The van der Waals surface area contributed by atoms with E-state index in [-0.39, 0.29) is 0 Å². The third kappa shape index (κ3) is 3.54. The largest absolute Gasteiger partial charge is 0.310 e. The molecule has 2 heteroatoms. The maximum atomic E-state index is 4.55. The molecule has 5 aromatic carbocycles. The van der Waals surface area contributed by atoms with E-state index in [1.54, 1.807) is 0 Å². The highest BCUT2D eigenvalue weighted by atomic mass is 79.9. The molecule has 31 heavy (non-hydrogen) atoms. The average Bonchev–Trinajstić information content (AvgIpc) is 2.81. The van der Waals surface area contributed by atoms with Crippen molar-refractivity contribution in [1.82, 2.24) is 0 Å². The summed E-state index contributed by atoms with van der Waals surface area (Å²) in [6.45, 7) is 6.75. The molecule has 0 fully saturated rings. The van der Waals surface area contributed by atoms with Crippen molar-refractivity contribution in [3.8, 4) is 0 Å². The molecule has 0 aliphatic heterocycles. The molecular formula is C29H22BrN. The van der Waals surface area contributed by atoms with Crippen LogP contribution in [-0.4, -0.2) is 0 Å². The Hall–Kier alpha value is -3.36. The summed E-state index contributed by atoms with van der Waals surface area (Å²) in [5, 5.41) is 4.92. The molecular weight excluding hydrogens is 442 g/mol. The van der Waals surface area contributed by atoms with Gasteiger partial charge in [-0.15, -0.1) is 0 Å². The smallest absolute Gasteiger partial charge is 0.0540 e. The number of hydrogen-bond donors (Lipinski definition) is 0. The second kappa shape index (κ2) is 8.05. The van der Waals surface area contributed by atoms with E-state index in [1.165, 1.54) is 27.1 Å². The lowest BCUT2D eigenvalue weighted by Crippen LogP contribution is -2.16. The molecule has 0 amide bonds. The van der Waals surface area contributed by atoms with Gasteiger partial charge in [0, 0.05) is 21.2 Å². The van der Waals surface area contributed by atoms with Crippen molar-refractivity contribution in [1.29, 1.82) is 0 Å². The molecule has 0 saturated carbocycles. The highest BCUT2D eigenvalue weighted by molar-refractivity contribution is 9.10. The highest BCUT2D eigenvalue weighted by Crippen LogP contribution is 2.41. The fourth-order valence-corrected chi connectivity index (χ4v) is 4.52. The highest BCUT2D eigenvalue weighted by Gasteiger charge is 2.19. The first-order valence-electron chi connectivity index (χ1n) is 10.3. The summed E-state index contributed by atoms with van der Waals surface area (Å²) in [7, 11) is 0. The summed E-state index contributed by atoms with van der Waals surface area (Å²) in [5.41, 5.74) is 5.54. The quantitative estimate of drug-likeness (QED) is 0.257. The molecule has 1 nitrogen and oxygen atoms in total. The Morgan fingerprint density at radius 1 is 0.645 bits per heavy atom. The monoisotopic (exact) mass is 463 g/mol. The lowest BCUT2D eigenvalue weighted by atomic mass is 10.00. The lowest BCUT2D eigenvalue weighted by molar-refractivity contribution is 1.28. The first-order valence-corrected chi connectivity index (χ1v) is 11.1. The molecule has 0 aliphatic carbocycles. The number of fused-ring (bicyclic) bond motifs is 2. The molecule has 0 N–H and O–H groups in total. The van der Waals surface area contributed by atoms with Crippen molar-refractivity contribution in [3.05, 3.63) is 125 Å². The summed E-state index contributed by atoms with van der Waals surface area (Å²) in [5.74, 6) is 0. The van der Waals surface area contributed by atoms with Crippen molar-refractivity contribution in [2.75, 3.05) is 4.90 Å². The van der Waals surface area contributed by atoms with Crippen molar-refractivity contribution in [3.63, 3.8) is 0 Å². The van der Waals surface area contributed by atoms with Crippen LogP contribution in [0.15, 0.2) is 114 Å². The van der Waals surface area contributed by atoms with E-state index in [2.05, 4.69) is 137 Å². The first kappa shape index (κ1) is 19.6. The second-order valence-corrected chi connectivity index (χ2v) is 8.63. The normalized spacial score (nSPS) is 11.0. The Labute approximate surface area is 191 Å². The molecule has 0 unspecified atom stereocenters. The third-order valence-electron chi connectivity index (χ3n) is 5.87. The summed E-state index contributed by atoms with van der Waals surface area (Å²) >= 11 is 3.55. The van der Waals surface area contributed by atoms with Crippen LogP contribution in [0.3, 0.4) is 0 Å². The van der Waals surface area contributed by atoms with Gasteiger partial charge in [-0.2, -0.15) is 0 Å². The van der Waals surface area contributed by atoms with E-state index in [1.807, 2.05) is 0 Å². The topological polar surface area (TPSA) is 3.24 Å². The van der Waals surface area contributed by atoms with Crippen LogP contribution in [-0.2, 0) is 0 Å². The predicted octanol–water partition coefficient (Wildman–Crippen LogP) is 8.87. The molecule has 0 aromatic heterocycles. The molecule has 0 saturated heterocycles. The molecule has 0 spiro atoms. The van der Waals surface area contributed by atoms with Crippen molar-refractivity contribution in [2.24, 2.45) is 0 Å². The van der Waals surface area contributed by atoms with Crippen LogP contribution in [0.4, 0.5) is 11.4 Å². The van der Waals surface area contributed by atoms with E-state index >= 15 is 0 Å². The van der Waals surface area contributed by atoms with Crippen molar-refractivity contribution < 1.29 is 0 Å². The average molecular weight is 464 g/mol. The van der Waals surface area contributed by atoms with Gasteiger partial charge in [0.2, 0.25) is 0 Å². The van der Waals surface area contributed by atoms with Gasteiger partial charge in [-0.25, -0.2) is 0 Å². The van der Waals surface area contributed by atoms with Crippen LogP contribution in [0.2, 0.25) is 0 Å². The molecule has 0 aliphatic rings. The number of rotatable bonds is 4. The molecule has 0 bridgehead atoms. The fourth-order valence-electron chi connectivity index (χ4n) is 4.25. The first-order chi connectivity index (χ1) is 15.1. The number of benzene rings is 5. The van der Waals surface area contributed by atoms with E-state index in [0.717, 1.165) is 27.1 Å². The zero-order chi connectivity index (χ0) is 21.4. The van der Waals surface area contributed by atoms with Crippen LogP contribution in [0.1, 0.15) is 11.1 Å². The van der Waals surface area contributed by atoms with Crippen LogP contribution in [0.25, 0.3) is 27.2 Å². The van der Waals surface area contributed by atoms with Crippen LogP contribution >= 0.6 is 15.9 Å². The maximum Gasteiger partial charge on any atom is 0.0540 e. The second-order valence-electron chi connectivity index (χ2n) is 7.72. The van der Waals surface area contributed by atoms with Crippen LogP contribution in [0, 0.1) is 6.92 Å². The molecule has 5 rings (SSSR count). The zero-order valence-electron chi connectivity index (χ0n) is 17.3. The maximum absolute atomic E-state index is 4.55. The van der Waals surface area contributed by atoms with E-state index < -0.39 is 0 Å². The minimum absolute atomic E-state index is 0.947. The van der Waals surface area contributed by atoms with Gasteiger partial charge < -0.3 is 4.90 Å². The van der Waals surface area contributed by atoms with Crippen molar-refractivity contribution in [2.45, 2.75) is 6.92 Å². The SMILES string of the molecule is C=C(c1ccc(Br)cc1)N(c1ccc2ccccc2c1C)c1cccc2ccccc12. The number of aryl methyl sites for hydroxylation is 1. The van der Waals surface area contributed by atoms with Gasteiger partial charge in [0.25, 0.3) is 0 Å². The van der Waals surface area contributed by atoms with E-state index in [9.17, 15) is 0 Å². The number of nitrogens with zero attached hydrogens (tertiary/aromatic N) is 1. The van der Waals surface area contributed by atoms with Gasteiger partial charge in [0.15, 0.2) is 0 Å². The number of halogens is 1. The Balaban J connectivity index is 1.78. The van der Waals surface area contributed by atoms with Gasteiger partial charge in [0.05, 0.1) is 5.69 Å².